The van der Waals surface area contributed by atoms with Crippen LogP contribution in [0.1, 0.15) is 0 Å². The standard InChI is InChI=1S/C22H19N7O2/c23-19-17-18(27-28-19)16-13-25-22(24-11-12-31-15-9-5-2-6-10-15)26-20(16)29(21(17)30)14-7-3-1-4-8-14/h1-10,13H,11-12H2,(H3,23,27,28)(H,24,25,26). The van der Waals surface area contributed by atoms with Gasteiger partial charge in [0.1, 0.15) is 17.7 Å². The summed E-state index contributed by atoms with van der Waals surface area (Å²) in [5.74, 6) is 1.33. The van der Waals surface area contributed by atoms with Crippen molar-refractivity contribution in [3.63, 3.8) is 0 Å². The third-order valence-corrected chi connectivity index (χ3v) is 4.87. The maximum Gasteiger partial charge on any atom is 0.270 e. The predicted molar refractivity (Wildman–Crippen MR) is 120 cm³/mol. The van der Waals surface area contributed by atoms with Gasteiger partial charge in [-0.2, -0.15) is 10.1 Å². The summed E-state index contributed by atoms with van der Waals surface area (Å²) < 4.78 is 7.21. The molecule has 3 aromatic heterocycles. The van der Waals surface area contributed by atoms with Gasteiger partial charge in [0.2, 0.25) is 5.95 Å². The minimum absolute atomic E-state index is 0.145. The number of benzene rings is 2. The molecule has 0 spiro atoms. The number of nitrogens with one attached hydrogen (secondary N) is 2. The molecule has 0 atom stereocenters. The zero-order chi connectivity index (χ0) is 21.2. The summed E-state index contributed by atoms with van der Waals surface area (Å²) in [4.78, 5) is 22.3. The van der Waals surface area contributed by atoms with Gasteiger partial charge >= 0.3 is 0 Å². The summed E-state index contributed by atoms with van der Waals surface area (Å²) in [6.45, 7) is 0.933. The fourth-order valence-electron chi connectivity index (χ4n) is 3.45. The lowest BCUT2D eigenvalue weighted by Gasteiger charge is -2.12. The van der Waals surface area contributed by atoms with Crippen molar-refractivity contribution < 1.29 is 4.74 Å². The van der Waals surface area contributed by atoms with E-state index in [4.69, 9.17) is 10.5 Å². The Labute approximate surface area is 176 Å². The summed E-state index contributed by atoms with van der Waals surface area (Å²) in [6, 6.07) is 18.8. The average molecular weight is 413 g/mol. The minimum Gasteiger partial charge on any atom is -0.492 e. The Bertz CT molecular complexity index is 1410. The first-order valence-electron chi connectivity index (χ1n) is 9.75. The number of pyridine rings is 1. The third-order valence-electron chi connectivity index (χ3n) is 4.87. The molecule has 31 heavy (non-hydrogen) atoms. The Morgan fingerprint density at radius 2 is 1.81 bits per heavy atom. The number of nitrogens with zero attached hydrogens (tertiary/aromatic N) is 4. The van der Waals surface area contributed by atoms with Crippen molar-refractivity contribution >= 4 is 33.7 Å². The van der Waals surface area contributed by atoms with Crippen LogP contribution in [0.25, 0.3) is 27.6 Å². The zero-order valence-electron chi connectivity index (χ0n) is 16.4. The molecule has 0 saturated heterocycles. The van der Waals surface area contributed by atoms with Gasteiger partial charge in [-0.25, -0.2) is 4.98 Å². The van der Waals surface area contributed by atoms with Gasteiger partial charge in [0, 0.05) is 6.20 Å². The lowest BCUT2D eigenvalue weighted by atomic mass is 10.2. The second kappa shape index (κ2) is 7.79. The Morgan fingerprint density at radius 3 is 2.58 bits per heavy atom. The molecule has 9 heteroatoms. The Hall–Kier alpha value is -4.40. The van der Waals surface area contributed by atoms with Gasteiger partial charge in [-0.05, 0) is 24.3 Å². The van der Waals surface area contributed by atoms with Crippen LogP contribution in [0.4, 0.5) is 11.8 Å². The summed E-state index contributed by atoms with van der Waals surface area (Å²) >= 11 is 0. The molecule has 0 bridgehead atoms. The first kappa shape index (κ1) is 18.6. The number of rotatable bonds is 6. The number of hydrogen-bond donors (Lipinski definition) is 3. The monoisotopic (exact) mass is 413 g/mol. The predicted octanol–water partition coefficient (Wildman–Crippen LogP) is 2.73. The maximum absolute atomic E-state index is 13.3. The minimum atomic E-state index is -0.294. The number of nitrogens with two attached hydrogens (primary N) is 1. The van der Waals surface area contributed by atoms with E-state index < -0.39 is 0 Å². The van der Waals surface area contributed by atoms with Crippen molar-refractivity contribution in [2.75, 3.05) is 24.2 Å². The quantitative estimate of drug-likeness (QED) is 0.366. The van der Waals surface area contributed by atoms with E-state index in [1.54, 1.807) is 6.20 Å². The van der Waals surface area contributed by atoms with E-state index in [1.165, 1.54) is 4.57 Å². The average Bonchev–Trinajstić information content (AvgIpc) is 3.20. The second-order valence-electron chi connectivity index (χ2n) is 6.85. The van der Waals surface area contributed by atoms with Crippen molar-refractivity contribution in [2.24, 2.45) is 0 Å². The van der Waals surface area contributed by atoms with Crippen molar-refractivity contribution in [1.29, 1.82) is 0 Å². The molecule has 0 aliphatic rings. The summed E-state index contributed by atoms with van der Waals surface area (Å²) in [7, 11) is 0. The molecule has 4 N–H and O–H groups in total. The van der Waals surface area contributed by atoms with Crippen LogP contribution in [0, 0.1) is 0 Å². The van der Waals surface area contributed by atoms with Gasteiger partial charge in [0.25, 0.3) is 5.56 Å². The SMILES string of the molecule is Nc1n[nH]c2c1c(=O)n(-c1ccccc1)c1nc(NCCOc3ccccc3)ncc21. The van der Waals surface area contributed by atoms with Gasteiger partial charge < -0.3 is 15.8 Å². The molecule has 2 aromatic carbocycles. The lowest BCUT2D eigenvalue weighted by molar-refractivity contribution is 0.332. The van der Waals surface area contributed by atoms with Crippen LogP contribution < -0.4 is 21.3 Å². The summed E-state index contributed by atoms with van der Waals surface area (Å²) in [5, 5.41) is 10.9. The van der Waals surface area contributed by atoms with E-state index in [9.17, 15) is 4.79 Å². The Morgan fingerprint density at radius 1 is 1.06 bits per heavy atom. The Kier molecular flexibility index (Phi) is 4.68. The first-order chi connectivity index (χ1) is 15.2. The molecule has 0 aliphatic carbocycles. The lowest BCUT2D eigenvalue weighted by Crippen LogP contribution is -2.21. The number of ether oxygens (including phenoxy) is 1. The third kappa shape index (κ3) is 3.42. The highest BCUT2D eigenvalue weighted by Gasteiger charge is 2.18. The van der Waals surface area contributed by atoms with E-state index in [0.717, 1.165) is 5.75 Å². The fraction of sp³-hybridized carbons (Fsp3) is 0.0909. The molecular weight excluding hydrogens is 394 g/mol. The van der Waals surface area contributed by atoms with Crippen molar-refractivity contribution in [1.82, 2.24) is 24.7 Å². The maximum atomic E-state index is 13.3. The number of nitrogen functional groups attached to an aromatic ring is 1. The van der Waals surface area contributed by atoms with Gasteiger partial charge in [-0.3, -0.25) is 14.5 Å². The van der Waals surface area contributed by atoms with Gasteiger partial charge in [-0.1, -0.05) is 36.4 Å². The van der Waals surface area contributed by atoms with E-state index in [-0.39, 0.29) is 11.4 Å². The second-order valence-corrected chi connectivity index (χ2v) is 6.85. The molecule has 0 saturated carbocycles. The number of aromatic nitrogens is 5. The summed E-state index contributed by atoms with van der Waals surface area (Å²) in [6.07, 6.45) is 1.65. The van der Waals surface area contributed by atoms with Gasteiger partial charge in [0.15, 0.2) is 11.5 Å². The number of anilines is 2. The van der Waals surface area contributed by atoms with E-state index in [0.29, 0.717) is 46.7 Å². The van der Waals surface area contributed by atoms with Gasteiger partial charge in [-0.15, -0.1) is 0 Å². The number of fused-ring (bicyclic) bond motifs is 3. The number of hydrogen-bond acceptors (Lipinski definition) is 7. The molecule has 0 radical (unpaired) electrons. The van der Waals surface area contributed by atoms with Crippen LogP contribution in [0.15, 0.2) is 71.7 Å². The zero-order valence-corrected chi connectivity index (χ0v) is 16.4. The van der Waals surface area contributed by atoms with Crippen LogP contribution in [0.5, 0.6) is 5.75 Å². The molecule has 154 valence electrons. The van der Waals surface area contributed by atoms with E-state index in [1.807, 2.05) is 60.7 Å². The molecule has 9 nitrogen and oxygen atoms in total. The number of para-hydroxylation sites is 2. The number of H-pyrrole nitrogens is 1. The van der Waals surface area contributed by atoms with Crippen LogP contribution in [0.3, 0.4) is 0 Å². The molecular formula is C22H19N7O2. The highest BCUT2D eigenvalue weighted by Crippen LogP contribution is 2.25. The number of aromatic amines is 1. The van der Waals surface area contributed by atoms with Crippen molar-refractivity contribution in [3.05, 3.63) is 77.2 Å². The van der Waals surface area contributed by atoms with Crippen LogP contribution in [-0.2, 0) is 0 Å². The fourth-order valence-corrected chi connectivity index (χ4v) is 3.45. The molecule has 0 amide bonds. The molecule has 3 heterocycles. The van der Waals surface area contributed by atoms with Crippen LogP contribution in [0.2, 0.25) is 0 Å². The first-order valence-corrected chi connectivity index (χ1v) is 9.75. The molecule has 5 aromatic rings. The highest BCUT2D eigenvalue weighted by molar-refractivity contribution is 6.05. The Balaban J connectivity index is 1.53. The summed E-state index contributed by atoms with van der Waals surface area (Å²) in [5.41, 5.74) is 7.30. The van der Waals surface area contributed by atoms with E-state index >= 15 is 0 Å². The molecule has 0 unspecified atom stereocenters. The van der Waals surface area contributed by atoms with Gasteiger partial charge in [0.05, 0.1) is 23.1 Å². The van der Waals surface area contributed by atoms with E-state index in [2.05, 4.69) is 25.5 Å². The highest BCUT2D eigenvalue weighted by atomic mass is 16.5. The topological polar surface area (TPSA) is 124 Å². The van der Waals surface area contributed by atoms with Crippen molar-refractivity contribution in [2.45, 2.75) is 0 Å². The normalized spacial score (nSPS) is 11.1. The molecule has 0 fully saturated rings. The smallest absolute Gasteiger partial charge is 0.270 e. The largest absolute Gasteiger partial charge is 0.492 e. The van der Waals surface area contributed by atoms with Crippen LogP contribution >= 0.6 is 0 Å². The molecule has 0 aliphatic heterocycles. The molecule has 5 rings (SSSR count). The van der Waals surface area contributed by atoms with Crippen molar-refractivity contribution in [3.8, 4) is 11.4 Å². The van der Waals surface area contributed by atoms with Crippen LogP contribution in [-0.4, -0.2) is 37.9 Å².